The van der Waals surface area contributed by atoms with Gasteiger partial charge in [0.05, 0.1) is 0 Å². The molecule has 0 aliphatic heterocycles. The molecule has 1 aliphatic rings. The van der Waals surface area contributed by atoms with Gasteiger partial charge in [-0.3, -0.25) is 9.59 Å². The van der Waals surface area contributed by atoms with Crippen molar-refractivity contribution in [3.8, 4) is 0 Å². The first-order valence-corrected chi connectivity index (χ1v) is 6.45. The van der Waals surface area contributed by atoms with E-state index >= 15 is 0 Å². The van der Waals surface area contributed by atoms with Crippen LogP contribution in [0.25, 0.3) is 0 Å². The van der Waals surface area contributed by atoms with Crippen LogP contribution in [0.5, 0.6) is 0 Å². The third-order valence-corrected chi connectivity index (χ3v) is 3.83. The van der Waals surface area contributed by atoms with Gasteiger partial charge >= 0.3 is 0 Å². The molecule has 1 amide bonds. The molecule has 4 heteroatoms. The predicted molar refractivity (Wildman–Crippen MR) is 68.7 cm³/mol. The van der Waals surface area contributed by atoms with E-state index in [9.17, 15) is 9.59 Å². The Morgan fingerprint density at radius 3 is 2.76 bits per heavy atom. The molecule has 0 bridgehead atoms. The van der Waals surface area contributed by atoms with E-state index in [2.05, 4.69) is 0 Å². The van der Waals surface area contributed by atoms with Gasteiger partial charge in [-0.1, -0.05) is 6.07 Å². The van der Waals surface area contributed by atoms with Crippen LogP contribution in [-0.4, -0.2) is 30.0 Å². The average molecular weight is 249 g/mol. The smallest absolute Gasteiger partial charge is 0.285 e. The Morgan fingerprint density at radius 1 is 1.29 bits per heavy atom. The summed E-state index contributed by atoms with van der Waals surface area (Å²) in [5.74, 6) is 0.224. The SMILES string of the molecule is CN(C)C(=O)Sc1ccc2c(c1)CCCC2=O. The Labute approximate surface area is 105 Å². The number of ketones is 1. The maximum atomic E-state index is 11.6. The van der Waals surface area contributed by atoms with Crippen molar-refractivity contribution in [1.82, 2.24) is 4.90 Å². The second-order valence-corrected chi connectivity index (χ2v) is 5.38. The molecule has 1 aromatic rings. The molecule has 0 aromatic heterocycles. The molecule has 2 rings (SSSR count). The van der Waals surface area contributed by atoms with E-state index in [1.807, 2.05) is 18.2 Å². The monoisotopic (exact) mass is 249 g/mol. The highest BCUT2D eigenvalue weighted by Gasteiger charge is 2.18. The molecule has 3 nitrogen and oxygen atoms in total. The Hall–Kier alpha value is -1.29. The number of hydrogen-bond donors (Lipinski definition) is 0. The molecule has 0 saturated carbocycles. The minimum atomic E-state index is 0.00656. The highest BCUT2D eigenvalue weighted by Crippen LogP contribution is 2.27. The van der Waals surface area contributed by atoms with Gasteiger partial charge in [0.15, 0.2) is 5.78 Å². The average Bonchev–Trinajstić information content (AvgIpc) is 2.29. The van der Waals surface area contributed by atoms with E-state index in [0.29, 0.717) is 6.42 Å². The van der Waals surface area contributed by atoms with Gasteiger partial charge in [-0.05, 0) is 42.3 Å². The fourth-order valence-corrected chi connectivity index (χ4v) is 2.60. The number of carbonyl (C=O) groups is 2. The van der Waals surface area contributed by atoms with Gasteiger partial charge in [0.1, 0.15) is 0 Å². The normalized spacial score (nSPS) is 14.4. The van der Waals surface area contributed by atoms with Gasteiger partial charge in [0.2, 0.25) is 0 Å². The van der Waals surface area contributed by atoms with Crippen LogP contribution >= 0.6 is 11.8 Å². The number of benzene rings is 1. The summed E-state index contributed by atoms with van der Waals surface area (Å²) in [5.41, 5.74) is 1.91. The first-order chi connectivity index (χ1) is 8.08. The number of fused-ring (bicyclic) bond motifs is 1. The molecule has 1 aliphatic carbocycles. The quantitative estimate of drug-likeness (QED) is 0.718. The molecule has 17 heavy (non-hydrogen) atoms. The van der Waals surface area contributed by atoms with Crippen molar-refractivity contribution >= 4 is 22.8 Å². The van der Waals surface area contributed by atoms with Crippen molar-refractivity contribution in [2.24, 2.45) is 0 Å². The van der Waals surface area contributed by atoms with Crippen LogP contribution in [0.3, 0.4) is 0 Å². The van der Waals surface area contributed by atoms with Crippen LogP contribution in [-0.2, 0) is 6.42 Å². The van der Waals surface area contributed by atoms with Gasteiger partial charge in [-0.15, -0.1) is 0 Å². The largest absolute Gasteiger partial charge is 0.339 e. The molecule has 0 spiro atoms. The molecule has 0 fully saturated rings. The minimum Gasteiger partial charge on any atom is -0.339 e. The Balaban J connectivity index is 2.22. The minimum absolute atomic E-state index is 0.00656. The lowest BCUT2D eigenvalue weighted by Gasteiger charge is -2.16. The lowest BCUT2D eigenvalue weighted by Crippen LogP contribution is -2.16. The second kappa shape index (κ2) is 4.92. The molecule has 0 radical (unpaired) electrons. The van der Waals surface area contributed by atoms with Crippen molar-refractivity contribution in [1.29, 1.82) is 0 Å². The van der Waals surface area contributed by atoms with E-state index in [1.54, 1.807) is 19.0 Å². The number of hydrogen-bond acceptors (Lipinski definition) is 3. The van der Waals surface area contributed by atoms with Gasteiger partial charge in [0, 0.05) is 31.0 Å². The summed E-state index contributed by atoms with van der Waals surface area (Å²) < 4.78 is 0. The summed E-state index contributed by atoms with van der Waals surface area (Å²) in [6.07, 6.45) is 2.50. The number of amides is 1. The summed E-state index contributed by atoms with van der Waals surface area (Å²) in [6.45, 7) is 0. The molecule has 0 heterocycles. The van der Waals surface area contributed by atoms with Crippen LogP contribution in [0.2, 0.25) is 0 Å². The molecular weight excluding hydrogens is 234 g/mol. The number of rotatable bonds is 1. The molecule has 90 valence electrons. The van der Waals surface area contributed by atoms with E-state index < -0.39 is 0 Å². The Bertz CT molecular complexity index is 468. The van der Waals surface area contributed by atoms with E-state index in [0.717, 1.165) is 28.9 Å². The molecule has 1 aromatic carbocycles. The zero-order chi connectivity index (χ0) is 12.4. The first kappa shape index (κ1) is 12.2. The summed E-state index contributed by atoms with van der Waals surface area (Å²) >= 11 is 1.20. The number of Topliss-reactive ketones (excluding diaryl/α,β-unsaturated/α-hetero) is 1. The van der Waals surface area contributed by atoms with E-state index in [1.165, 1.54) is 11.8 Å². The number of carbonyl (C=O) groups excluding carboxylic acids is 2. The second-order valence-electron chi connectivity index (χ2n) is 4.36. The zero-order valence-electron chi connectivity index (χ0n) is 10.0. The summed E-state index contributed by atoms with van der Waals surface area (Å²) in [4.78, 5) is 25.7. The van der Waals surface area contributed by atoms with Crippen LogP contribution in [0.4, 0.5) is 4.79 Å². The molecular formula is C13H15NO2S. The van der Waals surface area contributed by atoms with Crippen LogP contribution < -0.4 is 0 Å². The lowest BCUT2D eigenvalue weighted by atomic mass is 9.91. The number of nitrogens with zero attached hydrogens (tertiary/aromatic N) is 1. The van der Waals surface area contributed by atoms with Crippen molar-refractivity contribution < 1.29 is 9.59 Å². The third kappa shape index (κ3) is 2.69. The number of thioether (sulfide) groups is 1. The molecule has 0 atom stereocenters. The zero-order valence-corrected chi connectivity index (χ0v) is 10.8. The number of aryl methyl sites for hydroxylation is 1. The topological polar surface area (TPSA) is 37.4 Å². The Morgan fingerprint density at radius 2 is 2.06 bits per heavy atom. The van der Waals surface area contributed by atoms with Crippen molar-refractivity contribution in [3.05, 3.63) is 29.3 Å². The van der Waals surface area contributed by atoms with E-state index in [-0.39, 0.29) is 11.0 Å². The van der Waals surface area contributed by atoms with Crippen LogP contribution in [0, 0.1) is 0 Å². The molecule has 0 N–H and O–H groups in total. The van der Waals surface area contributed by atoms with Crippen LogP contribution in [0.1, 0.15) is 28.8 Å². The maximum Gasteiger partial charge on any atom is 0.285 e. The maximum absolute atomic E-state index is 11.6. The standard InChI is InChI=1S/C13H15NO2S/c1-14(2)13(16)17-10-6-7-11-9(8-10)4-3-5-12(11)15/h6-8H,3-5H2,1-2H3. The first-order valence-electron chi connectivity index (χ1n) is 5.63. The van der Waals surface area contributed by atoms with Crippen molar-refractivity contribution in [2.75, 3.05) is 14.1 Å². The summed E-state index contributed by atoms with van der Waals surface area (Å²) in [6, 6.07) is 5.68. The highest BCUT2D eigenvalue weighted by molar-refractivity contribution is 8.13. The molecule has 0 saturated heterocycles. The fraction of sp³-hybridized carbons (Fsp3) is 0.385. The van der Waals surface area contributed by atoms with Crippen LogP contribution in [0.15, 0.2) is 23.1 Å². The lowest BCUT2D eigenvalue weighted by molar-refractivity contribution is 0.0972. The Kier molecular flexibility index (Phi) is 3.52. The van der Waals surface area contributed by atoms with Gasteiger partial charge in [-0.25, -0.2) is 0 Å². The van der Waals surface area contributed by atoms with Crippen molar-refractivity contribution in [3.63, 3.8) is 0 Å². The van der Waals surface area contributed by atoms with Gasteiger partial charge in [-0.2, -0.15) is 0 Å². The van der Waals surface area contributed by atoms with Gasteiger partial charge in [0.25, 0.3) is 5.24 Å². The molecule has 0 unspecified atom stereocenters. The van der Waals surface area contributed by atoms with Crippen molar-refractivity contribution in [2.45, 2.75) is 24.2 Å². The highest BCUT2D eigenvalue weighted by atomic mass is 32.2. The summed E-state index contributed by atoms with van der Waals surface area (Å²) in [5, 5.41) is 0.00656. The van der Waals surface area contributed by atoms with Gasteiger partial charge < -0.3 is 4.90 Å². The predicted octanol–water partition coefficient (Wildman–Crippen LogP) is 2.98. The third-order valence-electron chi connectivity index (χ3n) is 2.80. The fourth-order valence-electron chi connectivity index (χ4n) is 1.88. The summed E-state index contributed by atoms with van der Waals surface area (Å²) in [7, 11) is 3.47. The van der Waals surface area contributed by atoms with E-state index in [4.69, 9.17) is 0 Å².